The first kappa shape index (κ1) is 14.3. The molecule has 1 fully saturated rings. The lowest BCUT2D eigenvalue weighted by Crippen LogP contribution is -2.07. The van der Waals surface area contributed by atoms with Crippen molar-refractivity contribution in [1.82, 2.24) is 0 Å². The Morgan fingerprint density at radius 2 is 2.37 bits per heavy atom. The Kier molecular flexibility index (Phi) is 5.16. The third-order valence-electron chi connectivity index (χ3n) is 3.39. The Balaban J connectivity index is 1.74. The van der Waals surface area contributed by atoms with Gasteiger partial charge in [0.15, 0.2) is 0 Å². The van der Waals surface area contributed by atoms with Gasteiger partial charge in [0, 0.05) is 18.2 Å². The molecule has 0 spiro atoms. The molecule has 3 nitrogen and oxygen atoms in total. The van der Waals surface area contributed by atoms with Gasteiger partial charge in [0.1, 0.15) is 11.6 Å². The summed E-state index contributed by atoms with van der Waals surface area (Å²) in [6, 6.07) is 4.58. The van der Waals surface area contributed by atoms with Crippen molar-refractivity contribution in [3.05, 3.63) is 29.6 Å². The maximum Gasteiger partial charge on any atom is 0.132 e. The zero-order valence-corrected chi connectivity index (χ0v) is 11.3. The van der Waals surface area contributed by atoms with Crippen LogP contribution in [-0.4, -0.2) is 24.4 Å². The van der Waals surface area contributed by atoms with Crippen LogP contribution in [0.1, 0.15) is 44.3 Å². The summed E-state index contributed by atoms with van der Waals surface area (Å²) in [5, 5.41) is 9.34. The van der Waals surface area contributed by atoms with Crippen molar-refractivity contribution in [2.24, 2.45) is 0 Å². The fourth-order valence-electron chi connectivity index (χ4n) is 2.31. The lowest BCUT2D eigenvalue weighted by molar-refractivity contribution is 0.0981. The summed E-state index contributed by atoms with van der Waals surface area (Å²) in [6.07, 6.45) is 3.76. The van der Waals surface area contributed by atoms with Crippen LogP contribution in [0.5, 0.6) is 5.75 Å². The lowest BCUT2D eigenvalue weighted by atomic mass is 10.1. The summed E-state index contributed by atoms with van der Waals surface area (Å²) in [7, 11) is 0. The van der Waals surface area contributed by atoms with Gasteiger partial charge in [0.2, 0.25) is 0 Å². The molecule has 0 amide bonds. The highest BCUT2D eigenvalue weighted by molar-refractivity contribution is 5.29. The lowest BCUT2D eigenvalue weighted by Gasteiger charge is -2.11. The highest BCUT2D eigenvalue weighted by Crippen LogP contribution is 2.22. The molecule has 1 heterocycles. The van der Waals surface area contributed by atoms with E-state index < -0.39 is 11.9 Å². The first-order valence-electron chi connectivity index (χ1n) is 6.88. The van der Waals surface area contributed by atoms with Crippen molar-refractivity contribution < 1.29 is 19.0 Å². The van der Waals surface area contributed by atoms with Crippen molar-refractivity contribution in [2.45, 2.75) is 44.8 Å². The molecule has 1 saturated heterocycles. The van der Waals surface area contributed by atoms with Gasteiger partial charge in [0.25, 0.3) is 0 Å². The topological polar surface area (TPSA) is 38.7 Å². The number of halogens is 1. The first-order chi connectivity index (χ1) is 9.16. The SMILES string of the molecule is C[C@@H](O)c1ccc(OCCCC2CCCO2)cc1F. The normalized spacial score (nSPS) is 20.5. The number of aliphatic hydroxyl groups excluding tert-OH is 1. The van der Waals surface area contributed by atoms with E-state index in [0.29, 0.717) is 24.0 Å². The molecule has 1 N–H and O–H groups in total. The van der Waals surface area contributed by atoms with Crippen LogP contribution in [0.4, 0.5) is 4.39 Å². The van der Waals surface area contributed by atoms with Gasteiger partial charge in [-0.05, 0) is 44.7 Å². The predicted molar refractivity (Wildman–Crippen MR) is 70.7 cm³/mol. The Hall–Kier alpha value is -1.13. The average Bonchev–Trinajstić information content (AvgIpc) is 2.87. The minimum Gasteiger partial charge on any atom is -0.493 e. The largest absolute Gasteiger partial charge is 0.493 e. The van der Waals surface area contributed by atoms with Crippen LogP contribution >= 0.6 is 0 Å². The Labute approximate surface area is 113 Å². The molecule has 106 valence electrons. The second kappa shape index (κ2) is 6.87. The van der Waals surface area contributed by atoms with E-state index >= 15 is 0 Å². The van der Waals surface area contributed by atoms with E-state index in [1.54, 1.807) is 19.1 Å². The van der Waals surface area contributed by atoms with Crippen LogP contribution in [0.3, 0.4) is 0 Å². The van der Waals surface area contributed by atoms with E-state index in [-0.39, 0.29) is 0 Å². The Morgan fingerprint density at radius 3 is 3.00 bits per heavy atom. The van der Waals surface area contributed by atoms with Gasteiger partial charge in [-0.1, -0.05) is 0 Å². The number of rotatable bonds is 6. The van der Waals surface area contributed by atoms with Crippen LogP contribution in [0.2, 0.25) is 0 Å². The van der Waals surface area contributed by atoms with Gasteiger partial charge < -0.3 is 14.6 Å². The van der Waals surface area contributed by atoms with Gasteiger partial charge in [0.05, 0.1) is 18.8 Å². The molecule has 1 unspecified atom stereocenters. The quantitative estimate of drug-likeness (QED) is 0.805. The van der Waals surface area contributed by atoms with Gasteiger partial charge >= 0.3 is 0 Å². The minimum absolute atomic E-state index is 0.298. The molecule has 1 aliphatic heterocycles. The fraction of sp³-hybridized carbons (Fsp3) is 0.600. The van der Waals surface area contributed by atoms with E-state index in [9.17, 15) is 9.50 Å². The van der Waals surface area contributed by atoms with Crippen molar-refractivity contribution in [3.8, 4) is 5.75 Å². The summed E-state index contributed by atoms with van der Waals surface area (Å²) >= 11 is 0. The molecule has 19 heavy (non-hydrogen) atoms. The number of ether oxygens (including phenoxy) is 2. The number of hydrogen-bond acceptors (Lipinski definition) is 3. The molecule has 2 rings (SSSR count). The summed E-state index contributed by atoms with van der Waals surface area (Å²) in [6.45, 7) is 2.98. The van der Waals surface area contributed by atoms with E-state index in [2.05, 4.69) is 0 Å². The summed E-state index contributed by atoms with van der Waals surface area (Å²) in [5.74, 6) is 0.0841. The molecular formula is C15H21FO3. The monoisotopic (exact) mass is 268 g/mol. The number of hydrogen-bond donors (Lipinski definition) is 1. The van der Waals surface area contributed by atoms with Crippen LogP contribution in [0, 0.1) is 5.82 Å². The van der Waals surface area contributed by atoms with Crippen LogP contribution in [-0.2, 0) is 4.74 Å². The average molecular weight is 268 g/mol. The minimum atomic E-state index is -0.798. The standard InChI is InChI=1S/C15H21FO3/c1-11(17)14-7-6-13(10-15(14)16)19-9-3-5-12-4-2-8-18-12/h6-7,10-12,17H,2-5,8-9H2,1H3/t11-,12?/m1/s1. The maximum atomic E-state index is 13.6. The molecule has 1 aromatic carbocycles. The zero-order valence-electron chi connectivity index (χ0n) is 11.3. The van der Waals surface area contributed by atoms with E-state index in [4.69, 9.17) is 9.47 Å². The van der Waals surface area contributed by atoms with Crippen molar-refractivity contribution in [2.75, 3.05) is 13.2 Å². The third-order valence-corrected chi connectivity index (χ3v) is 3.39. The highest BCUT2D eigenvalue weighted by atomic mass is 19.1. The smallest absolute Gasteiger partial charge is 0.132 e. The second-order valence-corrected chi connectivity index (χ2v) is 4.99. The predicted octanol–water partition coefficient (Wildman–Crippen LogP) is 3.22. The van der Waals surface area contributed by atoms with E-state index in [1.165, 1.54) is 6.07 Å². The molecule has 1 aliphatic rings. The summed E-state index contributed by atoms with van der Waals surface area (Å²) < 4.78 is 24.6. The Morgan fingerprint density at radius 1 is 1.53 bits per heavy atom. The summed E-state index contributed by atoms with van der Waals surface area (Å²) in [4.78, 5) is 0. The van der Waals surface area contributed by atoms with Crippen molar-refractivity contribution in [3.63, 3.8) is 0 Å². The third kappa shape index (κ3) is 4.18. The van der Waals surface area contributed by atoms with Gasteiger partial charge in [-0.3, -0.25) is 0 Å². The molecule has 0 radical (unpaired) electrons. The molecule has 0 saturated carbocycles. The zero-order chi connectivity index (χ0) is 13.7. The fourth-order valence-corrected chi connectivity index (χ4v) is 2.31. The molecular weight excluding hydrogens is 247 g/mol. The van der Waals surface area contributed by atoms with E-state index in [0.717, 1.165) is 32.3 Å². The number of aliphatic hydroxyl groups is 1. The highest BCUT2D eigenvalue weighted by Gasteiger charge is 2.14. The van der Waals surface area contributed by atoms with Crippen molar-refractivity contribution in [1.29, 1.82) is 0 Å². The molecule has 0 aliphatic carbocycles. The maximum absolute atomic E-state index is 13.6. The van der Waals surface area contributed by atoms with Crippen molar-refractivity contribution >= 4 is 0 Å². The molecule has 0 bridgehead atoms. The Bertz CT molecular complexity index is 400. The molecule has 2 atom stereocenters. The molecule has 0 aromatic heterocycles. The van der Waals surface area contributed by atoms with Gasteiger partial charge in [-0.25, -0.2) is 4.39 Å². The second-order valence-electron chi connectivity index (χ2n) is 4.99. The summed E-state index contributed by atoms with van der Waals surface area (Å²) in [5.41, 5.74) is 0.298. The van der Waals surface area contributed by atoms with Gasteiger partial charge in [-0.15, -0.1) is 0 Å². The van der Waals surface area contributed by atoms with Crippen LogP contribution < -0.4 is 4.74 Å². The van der Waals surface area contributed by atoms with Gasteiger partial charge in [-0.2, -0.15) is 0 Å². The first-order valence-corrected chi connectivity index (χ1v) is 6.88. The van der Waals surface area contributed by atoms with Crippen LogP contribution in [0.25, 0.3) is 0 Å². The van der Waals surface area contributed by atoms with E-state index in [1.807, 2.05) is 0 Å². The molecule has 1 aromatic rings. The molecule has 4 heteroatoms. The van der Waals surface area contributed by atoms with Crippen LogP contribution in [0.15, 0.2) is 18.2 Å². The number of benzene rings is 1.